The minimum absolute atomic E-state index is 0.590. The minimum atomic E-state index is 0.590. The molecule has 0 saturated carbocycles. The molecule has 1 aromatic carbocycles. The van der Waals surface area contributed by atoms with E-state index in [9.17, 15) is 0 Å². The monoisotopic (exact) mass is 311 g/mol. The minimum Gasteiger partial charge on any atom is -0.490 e. The summed E-state index contributed by atoms with van der Waals surface area (Å²) in [6.07, 6.45) is 3.44. The fourth-order valence-electron chi connectivity index (χ4n) is 2.62. The van der Waals surface area contributed by atoms with E-state index < -0.39 is 0 Å². The Labute approximate surface area is 116 Å². The molecule has 4 heteroatoms. The SMILES string of the molecule is Brc1cc(C2CCCNC2)cc2c1OCCCO2. The summed E-state index contributed by atoms with van der Waals surface area (Å²) in [5.74, 6) is 2.34. The molecule has 98 valence electrons. The van der Waals surface area contributed by atoms with E-state index in [0.29, 0.717) is 5.92 Å². The van der Waals surface area contributed by atoms with Crippen LogP contribution in [0.4, 0.5) is 0 Å². The quantitative estimate of drug-likeness (QED) is 0.864. The van der Waals surface area contributed by atoms with E-state index >= 15 is 0 Å². The summed E-state index contributed by atoms with van der Waals surface area (Å²) in [5, 5.41) is 3.46. The molecule has 0 amide bonds. The van der Waals surface area contributed by atoms with Gasteiger partial charge in [0.1, 0.15) is 0 Å². The lowest BCUT2D eigenvalue weighted by Crippen LogP contribution is -2.28. The standard InChI is InChI=1S/C14H18BrNO2/c15-12-7-11(10-3-1-4-16-9-10)8-13-14(12)18-6-2-5-17-13/h7-8,10,16H,1-6,9H2. The Bertz CT molecular complexity index is 430. The first-order chi connectivity index (χ1) is 8.84. The molecule has 1 atom stereocenters. The summed E-state index contributed by atoms with van der Waals surface area (Å²) < 4.78 is 12.5. The zero-order valence-electron chi connectivity index (χ0n) is 10.4. The van der Waals surface area contributed by atoms with Gasteiger partial charge in [0.2, 0.25) is 0 Å². The van der Waals surface area contributed by atoms with Crippen LogP contribution in [0.3, 0.4) is 0 Å². The average Bonchev–Trinajstić information content (AvgIpc) is 2.65. The highest BCUT2D eigenvalue weighted by molar-refractivity contribution is 9.10. The summed E-state index contributed by atoms with van der Waals surface area (Å²) in [5.41, 5.74) is 1.35. The molecule has 0 bridgehead atoms. The smallest absolute Gasteiger partial charge is 0.175 e. The van der Waals surface area contributed by atoms with Crippen molar-refractivity contribution in [1.29, 1.82) is 0 Å². The molecule has 1 unspecified atom stereocenters. The van der Waals surface area contributed by atoms with Gasteiger partial charge in [0, 0.05) is 13.0 Å². The number of piperidine rings is 1. The highest BCUT2D eigenvalue weighted by Gasteiger charge is 2.20. The molecule has 1 saturated heterocycles. The number of ether oxygens (including phenoxy) is 2. The van der Waals surface area contributed by atoms with Crippen LogP contribution in [-0.4, -0.2) is 26.3 Å². The lowest BCUT2D eigenvalue weighted by atomic mass is 9.91. The molecule has 3 nitrogen and oxygen atoms in total. The molecule has 0 aliphatic carbocycles. The summed E-state index contributed by atoms with van der Waals surface area (Å²) in [6, 6.07) is 4.34. The zero-order valence-corrected chi connectivity index (χ0v) is 12.0. The van der Waals surface area contributed by atoms with E-state index in [1.165, 1.54) is 18.4 Å². The van der Waals surface area contributed by atoms with Gasteiger partial charge in [-0.1, -0.05) is 0 Å². The predicted octanol–water partition coefficient (Wildman–Crippen LogP) is 3.08. The lowest BCUT2D eigenvalue weighted by Gasteiger charge is -2.24. The normalized spacial score (nSPS) is 23.5. The molecule has 1 fully saturated rings. The first-order valence-electron chi connectivity index (χ1n) is 6.64. The molecule has 0 spiro atoms. The molecule has 2 aliphatic rings. The van der Waals surface area contributed by atoms with Crippen LogP contribution in [0.1, 0.15) is 30.7 Å². The molecule has 0 aromatic heterocycles. The number of hydrogen-bond donors (Lipinski definition) is 1. The lowest BCUT2D eigenvalue weighted by molar-refractivity contribution is 0.296. The molecule has 2 aliphatic heterocycles. The van der Waals surface area contributed by atoms with Crippen molar-refractivity contribution in [2.75, 3.05) is 26.3 Å². The van der Waals surface area contributed by atoms with Crippen LogP contribution in [0.15, 0.2) is 16.6 Å². The Kier molecular flexibility index (Phi) is 3.75. The Morgan fingerprint density at radius 2 is 2.06 bits per heavy atom. The maximum Gasteiger partial charge on any atom is 0.175 e. The number of nitrogens with one attached hydrogen (secondary N) is 1. The van der Waals surface area contributed by atoms with E-state index in [0.717, 1.165) is 48.7 Å². The van der Waals surface area contributed by atoms with Crippen LogP contribution in [0.5, 0.6) is 11.5 Å². The number of rotatable bonds is 1. The van der Waals surface area contributed by atoms with Crippen molar-refractivity contribution in [3.63, 3.8) is 0 Å². The molecular weight excluding hydrogens is 294 g/mol. The molecule has 1 N–H and O–H groups in total. The van der Waals surface area contributed by atoms with Crippen molar-refractivity contribution in [1.82, 2.24) is 5.32 Å². The van der Waals surface area contributed by atoms with Crippen molar-refractivity contribution < 1.29 is 9.47 Å². The largest absolute Gasteiger partial charge is 0.490 e. The Morgan fingerprint density at radius 3 is 2.89 bits per heavy atom. The second-order valence-electron chi connectivity index (χ2n) is 4.92. The molecular formula is C14H18BrNO2. The van der Waals surface area contributed by atoms with Gasteiger partial charge in [-0.2, -0.15) is 0 Å². The summed E-state index contributed by atoms with van der Waals surface area (Å²) in [4.78, 5) is 0. The van der Waals surface area contributed by atoms with Gasteiger partial charge >= 0.3 is 0 Å². The molecule has 2 heterocycles. The van der Waals surface area contributed by atoms with Crippen molar-refractivity contribution in [2.45, 2.75) is 25.2 Å². The Hall–Kier alpha value is -0.740. The highest BCUT2D eigenvalue weighted by Crippen LogP contribution is 2.40. The van der Waals surface area contributed by atoms with Gasteiger partial charge in [0.05, 0.1) is 17.7 Å². The van der Waals surface area contributed by atoms with Crippen LogP contribution < -0.4 is 14.8 Å². The molecule has 18 heavy (non-hydrogen) atoms. The second-order valence-corrected chi connectivity index (χ2v) is 5.78. The number of hydrogen-bond acceptors (Lipinski definition) is 3. The van der Waals surface area contributed by atoms with Gasteiger partial charge in [-0.15, -0.1) is 0 Å². The van der Waals surface area contributed by atoms with Crippen molar-refractivity contribution >= 4 is 15.9 Å². The second kappa shape index (κ2) is 5.49. The van der Waals surface area contributed by atoms with Crippen molar-refractivity contribution in [2.24, 2.45) is 0 Å². The van der Waals surface area contributed by atoms with Crippen molar-refractivity contribution in [3.8, 4) is 11.5 Å². The maximum absolute atomic E-state index is 5.79. The van der Waals surface area contributed by atoms with Crippen LogP contribution in [-0.2, 0) is 0 Å². The van der Waals surface area contributed by atoms with Crippen molar-refractivity contribution in [3.05, 3.63) is 22.2 Å². The van der Waals surface area contributed by atoms with E-state index in [2.05, 4.69) is 33.4 Å². The van der Waals surface area contributed by atoms with Gasteiger partial charge in [0.15, 0.2) is 11.5 Å². The highest BCUT2D eigenvalue weighted by atomic mass is 79.9. The first-order valence-corrected chi connectivity index (χ1v) is 7.43. The summed E-state index contributed by atoms with van der Waals surface area (Å²) in [7, 11) is 0. The van der Waals surface area contributed by atoms with E-state index in [1.54, 1.807) is 0 Å². The number of benzene rings is 1. The van der Waals surface area contributed by atoms with Crippen LogP contribution in [0.25, 0.3) is 0 Å². The van der Waals surface area contributed by atoms with Crippen LogP contribution in [0, 0.1) is 0 Å². The summed E-state index contributed by atoms with van der Waals surface area (Å²) >= 11 is 3.61. The topological polar surface area (TPSA) is 30.5 Å². The van der Waals surface area contributed by atoms with E-state index in [1.807, 2.05) is 0 Å². The van der Waals surface area contributed by atoms with E-state index in [-0.39, 0.29) is 0 Å². The van der Waals surface area contributed by atoms with Gasteiger partial charge in [-0.25, -0.2) is 0 Å². The van der Waals surface area contributed by atoms with Gasteiger partial charge in [-0.3, -0.25) is 0 Å². The first kappa shape index (κ1) is 12.3. The Balaban J connectivity index is 1.91. The molecule has 1 aromatic rings. The van der Waals surface area contributed by atoms with Crippen LogP contribution in [0.2, 0.25) is 0 Å². The fourth-order valence-corrected chi connectivity index (χ4v) is 3.20. The average molecular weight is 312 g/mol. The third-order valence-electron chi connectivity index (χ3n) is 3.59. The zero-order chi connectivity index (χ0) is 12.4. The van der Waals surface area contributed by atoms with Gasteiger partial charge < -0.3 is 14.8 Å². The Morgan fingerprint density at radius 1 is 1.17 bits per heavy atom. The number of halogens is 1. The third-order valence-corrected chi connectivity index (χ3v) is 4.18. The molecule has 0 radical (unpaired) electrons. The third kappa shape index (κ3) is 2.50. The number of fused-ring (bicyclic) bond motifs is 1. The van der Waals surface area contributed by atoms with Gasteiger partial charge in [0.25, 0.3) is 0 Å². The van der Waals surface area contributed by atoms with Crippen LogP contribution >= 0.6 is 15.9 Å². The summed E-state index contributed by atoms with van der Waals surface area (Å²) in [6.45, 7) is 3.68. The molecule has 3 rings (SSSR count). The van der Waals surface area contributed by atoms with Gasteiger partial charge in [-0.05, 0) is 58.9 Å². The predicted molar refractivity (Wildman–Crippen MR) is 74.6 cm³/mol. The fraction of sp³-hybridized carbons (Fsp3) is 0.571. The maximum atomic E-state index is 5.79. The van der Waals surface area contributed by atoms with E-state index in [4.69, 9.17) is 9.47 Å².